The smallest absolute Gasteiger partial charge is 0.221 e. The molecule has 1 amide bonds. The van der Waals surface area contributed by atoms with Crippen LogP contribution >= 0.6 is 0 Å². The van der Waals surface area contributed by atoms with Crippen LogP contribution in [0.3, 0.4) is 0 Å². The molecule has 0 bridgehead atoms. The summed E-state index contributed by atoms with van der Waals surface area (Å²) in [6, 6.07) is 0.206. The fraction of sp³-hybridized carbons (Fsp3) is 0.800. The van der Waals surface area contributed by atoms with Gasteiger partial charge in [-0.1, -0.05) is 0 Å². The van der Waals surface area contributed by atoms with Gasteiger partial charge in [0.1, 0.15) is 5.78 Å². The average Bonchev–Trinajstić information content (AvgIpc) is 2.12. The maximum Gasteiger partial charge on any atom is 0.221 e. The standard InChI is InChI=1S/C10H20N2O2/c1-8(7-9(2)13)12(4)6-5-10(14)11-3/h8H,5-7H2,1-4H3,(H,11,14). The number of nitrogens with zero attached hydrogens (tertiary/aromatic N) is 1. The minimum Gasteiger partial charge on any atom is -0.359 e. The first kappa shape index (κ1) is 13.1. The molecule has 1 atom stereocenters. The van der Waals surface area contributed by atoms with Crippen LogP contribution < -0.4 is 5.32 Å². The van der Waals surface area contributed by atoms with Crippen molar-refractivity contribution < 1.29 is 9.59 Å². The summed E-state index contributed by atoms with van der Waals surface area (Å²) in [5.74, 6) is 0.219. The van der Waals surface area contributed by atoms with Gasteiger partial charge in [-0.2, -0.15) is 0 Å². The second-order valence-electron chi connectivity index (χ2n) is 3.66. The highest BCUT2D eigenvalue weighted by Gasteiger charge is 2.11. The SMILES string of the molecule is CNC(=O)CCN(C)C(C)CC(C)=O. The third kappa shape index (κ3) is 5.70. The van der Waals surface area contributed by atoms with Gasteiger partial charge < -0.3 is 10.2 Å². The lowest BCUT2D eigenvalue weighted by Crippen LogP contribution is -2.34. The van der Waals surface area contributed by atoms with Gasteiger partial charge in [0.05, 0.1) is 0 Å². The number of carbonyl (C=O) groups is 2. The highest BCUT2D eigenvalue weighted by Crippen LogP contribution is 2.02. The van der Waals surface area contributed by atoms with E-state index in [-0.39, 0.29) is 17.7 Å². The van der Waals surface area contributed by atoms with Gasteiger partial charge in [-0.3, -0.25) is 9.59 Å². The van der Waals surface area contributed by atoms with Gasteiger partial charge in [0.15, 0.2) is 0 Å². The molecule has 0 aromatic heterocycles. The van der Waals surface area contributed by atoms with Crippen molar-refractivity contribution in [3.05, 3.63) is 0 Å². The van der Waals surface area contributed by atoms with Gasteiger partial charge in [0.25, 0.3) is 0 Å². The molecule has 0 aliphatic heterocycles. The van der Waals surface area contributed by atoms with Crippen molar-refractivity contribution in [1.29, 1.82) is 0 Å². The summed E-state index contributed by atoms with van der Waals surface area (Å²) < 4.78 is 0. The molecule has 82 valence electrons. The molecule has 4 heteroatoms. The van der Waals surface area contributed by atoms with Crippen LogP contribution in [-0.4, -0.2) is 43.3 Å². The molecule has 0 heterocycles. The van der Waals surface area contributed by atoms with Gasteiger partial charge >= 0.3 is 0 Å². The van der Waals surface area contributed by atoms with Crippen molar-refractivity contribution in [1.82, 2.24) is 10.2 Å². The largest absolute Gasteiger partial charge is 0.359 e. The molecule has 4 nitrogen and oxygen atoms in total. The van der Waals surface area contributed by atoms with E-state index in [0.717, 1.165) is 0 Å². The molecule has 0 saturated heterocycles. The van der Waals surface area contributed by atoms with E-state index in [9.17, 15) is 9.59 Å². The number of hydrogen-bond donors (Lipinski definition) is 1. The lowest BCUT2D eigenvalue weighted by Gasteiger charge is -2.23. The van der Waals surface area contributed by atoms with Gasteiger partial charge in [-0.15, -0.1) is 0 Å². The predicted molar refractivity (Wildman–Crippen MR) is 56.1 cm³/mol. The second kappa shape index (κ2) is 6.54. The topological polar surface area (TPSA) is 49.4 Å². The van der Waals surface area contributed by atoms with E-state index in [2.05, 4.69) is 5.32 Å². The molecule has 1 N–H and O–H groups in total. The lowest BCUT2D eigenvalue weighted by atomic mass is 10.1. The molecular formula is C10H20N2O2. The predicted octanol–water partition coefficient (Wildman–Crippen LogP) is 0.422. The third-order valence-electron chi connectivity index (χ3n) is 2.31. The first-order chi connectivity index (χ1) is 6.47. The zero-order valence-corrected chi connectivity index (χ0v) is 9.46. The molecule has 1 unspecified atom stereocenters. The summed E-state index contributed by atoms with van der Waals surface area (Å²) in [5, 5.41) is 2.57. The van der Waals surface area contributed by atoms with Crippen LogP contribution in [0.5, 0.6) is 0 Å². The van der Waals surface area contributed by atoms with E-state index < -0.39 is 0 Å². The van der Waals surface area contributed by atoms with Crippen molar-refractivity contribution in [2.24, 2.45) is 0 Å². The quantitative estimate of drug-likeness (QED) is 0.676. The number of hydrogen-bond acceptors (Lipinski definition) is 3. The van der Waals surface area contributed by atoms with E-state index in [0.29, 0.717) is 19.4 Å². The van der Waals surface area contributed by atoms with E-state index in [1.54, 1.807) is 14.0 Å². The Balaban J connectivity index is 3.77. The Morgan fingerprint density at radius 2 is 2.00 bits per heavy atom. The van der Waals surface area contributed by atoms with E-state index >= 15 is 0 Å². The molecule has 0 radical (unpaired) electrons. The van der Waals surface area contributed by atoms with Crippen LogP contribution in [0.4, 0.5) is 0 Å². The number of amides is 1. The molecule has 0 saturated carbocycles. The minimum absolute atomic E-state index is 0.0341. The Morgan fingerprint density at radius 3 is 2.43 bits per heavy atom. The number of nitrogens with one attached hydrogen (secondary N) is 1. The first-order valence-corrected chi connectivity index (χ1v) is 4.87. The van der Waals surface area contributed by atoms with Gasteiger partial charge in [-0.25, -0.2) is 0 Å². The van der Waals surface area contributed by atoms with Crippen LogP contribution in [0.25, 0.3) is 0 Å². The molecular weight excluding hydrogens is 180 g/mol. The van der Waals surface area contributed by atoms with Crippen molar-refractivity contribution in [3.63, 3.8) is 0 Å². The molecule has 0 aliphatic carbocycles. The van der Waals surface area contributed by atoms with E-state index in [4.69, 9.17) is 0 Å². The summed E-state index contributed by atoms with van der Waals surface area (Å²) in [7, 11) is 3.55. The maximum atomic E-state index is 11.0. The molecule has 0 aromatic carbocycles. The number of ketones is 1. The van der Waals surface area contributed by atoms with Gasteiger partial charge in [0.2, 0.25) is 5.91 Å². The maximum absolute atomic E-state index is 11.0. The fourth-order valence-corrected chi connectivity index (χ4v) is 1.20. The molecule has 0 aromatic rings. The van der Waals surface area contributed by atoms with Crippen molar-refractivity contribution in [2.75, 3.05) is 20.6 Å². The summed E-state index contributed by atoms with van der Waals surface area (Å²) in [6.07, 6.45) is 1.03. The zero-order chi connectivity index (χ0) is 11.1. The monoisotopic (exact) mass is 200 g/mol. The summed E-state index contributed by atoms with van der Waals surface area (Å²) in [4.78, 5) is 23.8. The van der Waals surface area contributed by atoms with E-state index in [1.807, 2.05) is 18.9 Å². The van der Waals surface area contributed by atoms with Gasteiger partial charge in [0, 0.05) is 32.5 Å². The van der Waals surface area contributed by atoms with Crippen LogP contribution in [0.2, 0.25) is 0 Å². The fourth-order valence-electron chi connectivity index (χ4n) is 1.20. The van der Waals surface area contributed by atoms with Crippen LogP contribution in [0.1, 0.15) is 26.7 Å². The Morgan fingerprint density at radius 1 is 1.43 bits per heavy atom. The molecule has 0 fully saturated rings. The van der Waals surface area contributed by atoms with Crippen molar-refractivity contribution in [3.8, 4) is 0 Å². The number of rotatable bonds is 6. The summed E-state index contributed by atoms with van der Waals surface area (Å²) in [6.45, 7) is 4.27. The van der Waals surface area contributed by atoms with Gasteiger partial charge in [-0.05, 0) is 20.9 Å². The summed E-state index contributed by atoms with van der Waals surface area (Å²) in [5.41, 5.74) is 0. The molecule has 0 rings (SSSR count). The van der Waals surface area contributed by atoms with Crippen LogP contribution in [-0.2, 0) is 9.59 Å². The second-order valence-corrected chi connectivity index (χ2v) is 3.66. The lowest BCUT2D eigenvalue weighted by molar-refractivity contribution is -0.120. The van der Waals surface area contributed by atoms with Crippen molar-refractivity contribution in [2.45, 2.75) is 32.7 Å². The number of Topliss-reactive ketones (excluding diaryl/α,β-unsaturated/α-hetero) is 1. The van der Waals surface area contributed by atoms with Crippen molar-refractivity contribution >= 4 is 11.7 Å². The molecule has 14 heavy (non-hydrogen) atoms. The average molecular weight is 200 g/mol. The molecule has 0 spiro atoms. The highest BCUT2D eigenvalue weighted by molar-refractivity contribution is 5.76. The Bertz CT molecular complexity index is 204. The molecule has 0 aliphatic rings. The number of carbonyl (C=O) groups excluding carboxylic acids is 2. The highest BCUT2D eigenvalue weighted by atomic mass is 16.1. The Hall–Kier alpha value is -0.900. The van der Waals surface area contributed by atoms with Crippen LogP contribution in [0, 0.1) is 0 Å². The van der Waals surface area contributed by atoms with E-state index in [1.165, 1.54) is 0 Å². The third-order valence-corrected chi connectivity index (χ3v) is 2.31. The Kier molecular flexibility index (Phi) is 6.12. The van der Waals surface area contributed by atoms with Crippen LogP contribution in [0.15, 0.2) is 0 Å². The Labute approximate surface area is 85.7 Å². The summed E-state index contributed by atoms with van der Waals surface area (Å²) >= 11 is 0. The zero-order valence-electron chi connectivity index (χ0n) is 9.46. The minimum atomic E-state index is 0.0341. The first-order valence-electron chi connectivity index (χ1n) is 4.87. The normalized spacial score (nSPS) is 12.6.